The van der Waals surface area contributed by atoms with E-state index in [1.54, 1.807) is 49.7 Å². The molecule has 0 bridgehead atoms. The molecule has 1 unspecified atom stereocenters. The van der Waals surface area contributed by atoms with Gasteiger partial charge in [0, 0.05) is 31.4 Å². The van der Waals surface area contributed by atoms with Crippen LogP contribution >= 0.6 is 11.8 Å². The number of ether oxygens (including phenoxy) is 1. The van der Waals surface area contributed by atoms with Crippen LogP contribution in [0.3, 0.4) is 0 Å². The van der Waals surface area contributed by atoms with E-state index in [9.17, 15) is 18.3 Å². The van der Waals surface area contributed by atoms with Gasteiger partial charge in [-0.15, -0.1) is 11.8 Å². The van der Waals surface area contributed by atoms with Gasteiger partial charge in [0.15, 0.2) is 5.60 Å². The first-order valence-corrected chi connectivity index (χ1v) is 10.4. The summed E-state index contributed by atoms with van der Waals surface area (Å²) < 4.78 is 47.4. The minimum absolute atomic E-state index is 0.0733. The molecule has 0 amide bonds. The van der Waals surface area contributed by atoms with Crippen molar-refractivity contribution < 1.29 is 23.0 Å². The lowest BCUT2D eigenvalue weighted by Crippen LogP contribution is -2.45. The fourth-order valence-corrected chi connectivity index (χ4v) is 3.84. The number of rotatable bonds is 9. The Hall–Kier alpha value is -2.03. The second kappa shape index (κ2) is 10.3. The first kappa shape index (κ1) is 24.2. The third-order valence-corrected chi connectivity index (χ3v) is 5.89. The Kier molecular flexibility index (Phi) is 8.34. The molecule has 2 aromatic rings. The van der Waals surface area contributed by atoms with Crippen molar-refractivity contribution in [2.75, 3.05) is 26.5 Å². The second-order valence-corrected chi connectivity index (χ2v) is 8.06. The molecule has 2 aromatic carbocycles. The Morgan fingerprint density at radius 2 is 1.87 bits per heavy atom. The zero-order chi connectivity index (χ0) is 22.4. The normalized spacial score (nSPS) is 14.1. The molecule has 164 valence electrons. The summed E-state index contributed by atoms with van der Waals surface area (Å²) in [5.41, 5.74) is -1.91. The molecule has 8 heteroatoms. The van der Waals surface area contributed by atoms with E-state index in [1.165, 1.54) is 13.2 Å². The lowest BCUT2D eigenvalue weighted by atomic mass is 9.88. The highest BCUT2D eigenvalue weighted by molar-refractivity contribution is 7.99. The van der Waals surface area contributed by atoms with Gasteiger partial charge in [0.25, 0.3) is 0 Å². The van der Waals surface area contributed by atoms with Crippen LogP contribution in [0, 0.1) is 6.92 Å². The van der Waals surface area contributed by atoms with Gasteiger partial charge in [0.1, 0.15) is 0 Å². The molecular weight excluding hydrogens is 413 g/mol. The SMILES string of the molecule is CCN(C)/C=N/c1cc(COC)c(C(O)(CSc2ccccc2)C(F)(F)F)cc1C. The van der Waals surface area contributed by atoms with E-state index < -0.39 is 17.5 Å². The first-order valence-electron chi connectivity index (χ1n) is 9.46. The number of halogens is 3. The van der Waals surface area contributed by atoms with E-state index in [0.29, 0.717) is 16.1 Å². The van der Waals surface area contributed by atoms with Gasteiger partial charge in [-0.05, 0) is 48.7 Å². The maximum Gasteiger partial charge on any atom is 0.422 e. The molecule has 0 saturated carbocycles. The van der Waals surface area contributed by atoms with Gasteiger partial charge in [-0.1, -0.05) is 24.3 Å². The van der Waals surface area contributed by atoms with E-state index in [-0.39, 0.29) is 17.7 Å². The lowest BCUT2D eigenvalue weighted by molar-refractivity contribution is -0.256. The first-order chi connectivity index (χ1) is 14.1. The Morgan fingerprint density at radius 3 is 2.43 bits per heavy atom. The van der Waals surface area contributed by atoms with Crippen LogP contribution in [0.1, 0.15) is 23.6 Å². The van der Waals surface area contributed by atoms with Crippen LogP contribution in [-0.2, 0) is 16.9 Å². The number of methoxy groups -OCH3 is 1. The van der Waals surface area contributed by atoms with Crippen molar-refractivity contribution in [2.24, 2.45) is 4.99 Å². The minimum Gasteiger partial charge on any atom is -0.380 e. The van der Waals surface area contributed by atoms with Crippen molar-refractivity contribution >= 4 is 23.8 Å². The van der Waals surface area contributed by atoms with Crippen molar-refractivity contribution in [2.45, 2.75) is 37.1 Å². The van der Waals surface area contributed by atoms with Gasteiger partial charge < -0.3 is 14.7 Å². The molecule has 0 spiro atoms. The fourth-order valence-electron chi connectivity index (χ4n) is 2.80. The number of hydrogen-bond acceptors (Lipinski definition) is 4. The molecule has 4 nitrogen and oxygen atoms in total. The molecule has 2 rings (SSSR count). The number of aliphatic imine (C=N–C) groups is 1. The Bertz CT molecular complexity index is 859. The van der Waals surface area contributed by atoms with Gasteiger partial charge in [-0.3, -0.25) is 0 Å². The van der Waals surface area contributed by atoms with E-state index in [2.05, 4.69) is 4.99 Å². The topological polar surface area (TPSA) is 45.1 Å². The highest BCUT2D eigenvalue weighted by Crippen LogP contribution is 2.45. The average molecular weight is 441 g/mol. The summed E-state index contributed by atoms with van der Waals surface area (Å²) in [5, 5.41) is 10.9. The van der Waals surface area contributed by atoms with Crippen molar-refractivity contribution in [3.63, 3.8) is 0 Å². The van der Waals surface area contributed by atoms with Crippen LogP contribution in [0.5, 0.6) is 0 Å². The van der Waals surface area contributed by atoms with Crippen molar-refractivity contribution in [3.8, 4) is 0 Å². The molecule has 0 aliphatic heterocycles. The third kappa shape index (κ3) is 5.77. The molecule has 0 aliphatic carbocycles. The predicted octanol–water partition coefficient (Wildman–Crippen LogP) is 5.30. The van der Waals surface area contributed by atoms with E-state index >= 15 is 0 Å². The maximum absolute atomic E-state index is 14.1. The number of benzene rings is 2. The number of alkyl halides is 3. The highest BCUT2D eigenvalue weighted by Gasteiger charge is 2.55. The highest BCUT2D eigenvalue weighted by atomic mass is 32.2. The van der Waals surface area contributed by atoms with Gasteiger partial charge in [-0.2, -0.15) is 13.2 Å². The molecular formula is C22H27F3N2O2S. The fraction of sp³-hybridized carbons (Fsp3) is 0.409. The molecule has 0 radical (unpaired) electrons. The lowest BCUT2D eigenvalue weighted by Gasteiger charge is -2.33. The third-order valence-electron chi connectivity index (χ3n) is 4.72. The summed E-state index contributed by atoms with van der Waals surface area (Å²) in [4.78, 5) is 6.88. The number of nitrogens with zero attached hydrogens (tertiary/aromatic N) is 2. The average Bonchev–Trinajstić information content (AvgIpc) is 2.71. The molecule has 1 N–H and O–H groups in total. The van der Waals surface area contributed by atoms with Gasteiger partial charge >= 0.3 is 6.18 Å². The standard InChI is InChI=1S/C22H27F3N2O2S/c1-5-27(3)15-26-20-12-17(13-29-4)19(11-16(20)2)21(28,22(23,24)25)14-30-18-9-7-6-8-10-18/h6-12,15,28H,5,13-14H2,1-4H3/b26-15+. The van der Waals surface area contributed by atoms with Crippen LogP contribution in [0.25, 0.3) is 0 Å². The minimum atomic E-state index is -4.86. The van der Waals surface area contributed by atoms with Crippen molar-refractivity contribution in [1.82, 2.24) is 4.90 Å². The van der Waals surface area contributed by atoms with Crippen LogP contribution in [-0.4, -0.2) is 49.0 Å². The number of aryl methyl sites for hydroxylation is 1. The van der Waals surface area contributed by atoms with E-state index in [4.69, 9.17) is 4.74 Å². The molecule has 0 heterocycles. The van der Waals surface area contributed by atoms with Crippen LogP contribution in [0.15, 0.2) is 52.4 Å². The predicted molar refractivity (Wildman–Crippen MR) is 115 cm³/mol. The Labute approximate surface area is 179 Å². The van der Waals surface area contributed by atoms with Crippen LogP contribution < -0.4 is 0 Å². The molecule has 0 aliphatic rings. The summed E-state index contributed by atoms with van der Waals surface area (Å²) in [6, 6.07) is 11.6. The van der Waals surface area contributed by atoms with Gasteiger partial charge in [-0.25, -0.2) is 4.99 Å². The monoisotopic (exact) mass is 440 g/mol. The molecule has 30 heavy (non-hydrogen) atoms. The molecule has 0 saturated heterocycles. The van der Waals surface area contributed by atoms with E-state index in [0.717, 1.165) is 18.3 Å². The van der Waals surface area contributed by atoms with Gasteiger partial charge in [0.2, 0.25) is 0 Å². The summed E-state index contributed by atoms with van der Waals surface area (Å²) >= 11 is 0.956. The number of aliphatic hydroxyl groups is 1. The largest absolute Gasteiger partial charge is 0.422 e. The second-order valence-electron chi connectivity index (χ2n) is 7.01. The summed E-state index contributed by atoms with van der Waals surface area (Å²) in [5.74, 6) is -0.572. The Morgan fingerprint density at radius 1 is 1.20 bits per heavy atom. The zero-order valence-electron chi connectivity index (χ0n) is 17.5. The molecule has 1 atom stereocenters. The number of thioether (sulfide) groups is 1. The summed E-state index contributed by atoms with van der Waals surface area (Å²) in [7, 11) is 3.26. The van der Waals surface area contributed by atoms with Crippen molar-refractivity contribution in [3.05, 3.63) is 59.2 Å². The quantitative estimate of drug-likeness (QED) is 0.327. The summed E-state index contributed by atoms with van der Waals surface area (Å²) in [6.45, 7) is 4.32. The van der Waals surface area contributed by atoms with Gasteiger partial charge in [0.05, 0.1) is 18.6 Å². The molecule has 0 aromatic heterocycles. The summed E-state index contributed by atoms with van der Waals surface area (Å²) in [6.07, 6.45) is -3.24. The Balaban J connectivity index is 2.51. The molecule has 0 fully saturated rings. The van der Waals surface area contributed by atoms with Crippen LogP contribution in [0.2, 0.25) is 0 Å². The van der Waals surface area contributed by atoms with Crippen LogP contribution in [0.4, 0.5) is 18.9 Å². The van der Waals surface area contributed by atoms with Crippen molar-refractivity contribution in [1.29, 1.82) is 0 Å². The zero-order valence-corrected chi connectivity index (χ0v) is 18.3. The smallest absolute Gasteiger partial charge is 0.380 e. The number of hydrogen-bond donors (Lipinski definition) is 1. The maximum atomic E-state index is 14.1. The van der Waals surface area contributed by atoms with E-state index in [1.807, 2.05) is 18.9 Å².